The first-order valence-electron chi connectivity index (χ1n) is 11.4. The predicted molar refractivity (Wildman–Crippen MR) is 130 cm³/mol. The Morgan fingerprint density at radius 1 is 1.06 bits per heavy atom. The van der Waals surface area contributed by atoms with Crippen molar-refractivity contribution in [2.45, 2.75) is 32.5 Å². The number of benzene rings is 2. The average molecular weight is 462 g/mol. The summed E-state index contributed by atoms with van der Waals surface area (Å²) in [5.74, 6) is 1.28. The third kappa shape index (κ3) is 3.77. The molecule has 2 aromatic heterocycles. The molecule has 0 aliphatic carbocycles. The van der Waals surface area contributed by atoms with Crippen molar-refractivity contribution in [2.75, 3.05) is 18.1 Å². The number of imidazole rings is 1. The zero-order valence-electron chi connectivity index (χ0n) is 19.2. The quantitative estimate of drug-likeness (QED) is 0.472. The van der Waals surface area contributed by atoms with Gasteiger partial charge in [0.1, 0.15) is 5.75 Å². The van der Waals surface area contributed by atoms with Gasteiger partial charge in [0.15, 0.2) is 11.2 Å². The summed E-state index contributed by atoms with van der Waals surface area (Å²) in [7, 11) is 1.62. The van der Waals surface area contributed by atoms with Gasteiger partial charge in [-0.25, -0.2) is 4.79 Å². The molecule has 4 aromatic rings. The number of hydrogen-bond acceptors (Lipinski definition) is 6. The van der Waals surface area contributed by atoms with Crippen LogP contribution in [0, 0.1) is 0 Å². The number of fused-ring (bicyclic) bond motifs is 3. The fourth-order valence-electron chi connectivity index (χ4n) is 4.49. The van der Waals surface area contributed by atoms with Crippen molar-refractivity contribution in [1.82, 2.24) is 18.7 Å². The Balaban J connectivity index is 1.60. The molecule has 176 valence electrons. The minimum atomic E-state index is -0.703. The van der Waals surface area contributed by atoms with Crippen LogP contribution in [0.5, 0.6) is 5.75 Å². The second kappa shape index (κ2) is 8.83. The lowest BCUT2D eigenvalue weighted by Crippen LogP contribution is -2.42. The van der Waals surface area contributed by atoms with Gasteiger partial charge in [0.2, 0.25) is 5.95 Å². The molecule has 34 heavy (non-hydrogen) atoms. The Bertz CT molecular complexity index is 1440. The van der Waals surface area contributed by atoms with Crippen LogP contribution in [0.15, 0.2) is 64.2 Å². The molecule has 5 rings (SSSR count). The zero-order chi connectivity index (χ0) is 23.8. The van der Waals surface area contributed by atoms with Gasteiger partial charge >= 0.3 is 5.69 Å². The van der Waals surface area contributed by atoms with E-state index < -0.39 is 17.4 Å². The molecule has 9 heteroatoms. The van der Waals surface area contributed by atoms with Crippen LogP contribution in [0.25, 0.3) is 11.2 Å². The number of nitrogens with zero attached hydrogens (tertiary/aromatic N) is 5. The second-order valence-electron chi connectivity index (χ2n) is 8.42. The molecule has 0 radical (unpaired) electrons. The number of hydrogen-bond donors (Lipinski definition) is 1. The fourth-order valence-corrected chi connectivity index (χ4v) is 4.49. The summed E-state index contributed by atoms with van der Waals surface area (Å²) in [5.41, 5.74) is 1.69. The number of ether oxygens (including phenoxy) is 1. The second-order valence-corrected chi connectivity index (χ2v) is 8.42. The average Bonchev–Trinajstić information content (AvgIpc) is 3.23. The highest BCUT2D eigenvalue weighted by molar-refractivity contribution is 5.77. The molecule has 0 spiro atoms. The van der Waals surface area contributed by atoms with Crippen molar-refractivity contribution in [2.24, 2.45) is 7.05 Å². The van der Waals surface area contributed by atoms with Crippen LogP contribution in [0.2, 0.25) is 0 Å². The number of aliphatic hydroxyl groups excluding tert-OH is 1. The predicted octanol–water partition coefficient (Wildman–Crippen LogP) is 2.05. The van der Waals surface area contributed by atoms with Crippen molar-refractivity contribution in [3.63, 3.8) is 0 Å². The van der Waals surface area contributed by atoms with E-state index in [9.17, 15) is 14.7 Å². The number of anilines is 2. The highest BCUT2D eigenvalue weighted by atomic mass is 16.5. The molecular weight excluding hydrogens is 434 g/mol. The van der Waals surface area contributed by atoms with Crippen molar-refractivity contribution in [1.29, 1.82) is 0 Å². The topological polar surface area (TPSA) is 94.5 Å². The summed E-state index contributed by atoms with van der Waals surface area (Å²) >= 11 is 0. The molecule has 0 unspecified atom stereocenters. The normalized spacial score (nSPS) is 15.5. The molecule has 1 aliphatic rings. The Labute approximate surface area is 196 Å². The molecule has 0 bridgehead atoms. The summed E-state index contributed by atoms with van der Waals surface area (Å²) in [6, 6.07) is 17.2. The Morgan fingerprint density at radius 3 is 2.50 bits per heavy atom. The zero-order valence-corrected chi connectivity index (χ0v) is 19.2. The minimum Gasteiger partial charge on any atom is -0.494 e. The standard InChI is InChI=1S/C25H27N5O4/c1-3-34-20-11-9-18(10-12-20)29-15-19(31)16-30-21-22(26-24(29)30)27(2)25(33)28(23(21)32)14-13-17-7-5-4-6-8-17/h4-12,19,31H,3,13-16H2,1-2H3/t19-/m1/s1. The monoisotopic (exact) mass is 461 g/mol. The third-order valence-corrected chi connectivity index (χ3v) is 6.17. The van der Waals surface area contributed by atoms with Crippen molar-refractivity contribution in [3.05, 3.63) is 81.0 Å². The van der Waals surface area contributed by atoms with E-state index in [1.807, 2.05) is 66.4 Å². The van der Waals surface area contributed by atoms with Crippen LogP contribution in [0.4, 0.5) is 11.6 Å². The van der Waals surface area contributed by atoms with E-state index in [0.29, 0.717) is 36.7 Å². The summed E-state index contributed by atoms with van der Waals surface area (Å²) in [6.45, 7) is 3.31. The van der Waals surface area contributed by atoms with E-state index in [0.717, 1.165) is 17.0 Å². The van der Waals surface area contributed by atoms with Gasteiger partial charge in [-0.2, -0.15) is 4.98 Å². The molecule has 1 atom stereocenters. The first-order chi connectivity index (χ1) is 16.5. The maximum Gasteiger partial charge on any atom is 0.332 e. The summed E-state index contributed by atoms with van der Waals surface area (Å²) < 4.78 is 9.92. The Kier molecular flexibility index (Phi) is 5.70. The summed E-state index contributed by atoms with van der Waals surface area (Å²) in [5, 5.41) is 10.6. The lowest BCUT2D eigenvalue weighted by molar-refractivity contribution is 0.154. The van der Waals surface area contributed by atoms with Gasteiger partial charge in [0.25, 0.3) is 5.56 Å². The minimum absolute atomic E-state index is 0.228. The molecule has 3 heterocycles. The SMILES string of the molecule is CCOc1ccc(N2C[C@@H](O)Cn3c2nc2c3c(=O)n(CCc3ccccc3)c(=O)n2C)cc1. The number of aryl methyl sites for hydroxylation is 2. The van der Waals surface area contributed by atoms with E-state index in [4.69, 9.17) is 4.74 Å². The first kappa shape index (κ1) is 22.0. The number of aliphatic hydroxyl groups is 1. The Morgan fingerprint density at radius 2 is 1.79 bits per heavy atom. The summed E-state index contributed by atoms with van der Waals surface area (Å²) in [4.78, 5) is 33.1. The fraction of sp³-hybridized carbons (Fsp3) is 0.320. The van der Waals surface area contributed by atoms with Crippen LogP contribution < -0.4 is 20.9 Å². The van der Waals surface area contributed by atoms with Gasteiger partial charge in [0.05, 0.1) is 25.8 Å². The molecule has 1 aliphatic heterocycles. The molecule has 0 amide bonds. The van der Waals surface area contributed by atoms with Gasteiger partial charge in [-0.15, -0.1) is 0 Å². The van der Waals surface area contributed by atoms with E-state index >= 15 is 0 Å². The maximum absolute atomic E-state index is 13.5. The lowest BCUT2D eigenvalue weighted by Gasteiger charge is -2.32. The molecular formula is C25H27N5O4. The smallest absolute Gasteiger partial charge is 0.332 e. The van der Waals surface area contributed by atoms with Gasteiger partial charge < -0.3 is 19.3 Å². The summed E-state index contributed by atoms with van der Waals surface area (Å²) in [6.07, 6.45) is -0.144. The van der Waals surface area contributed by atoms with Crippen LogP contribution in [0.3, 0.4) is 0 Å². The molecule has 1 N–H and O–H groups in total. The Hall–Kier alpha value is -3.85. The van der Waals surface area contributed by atoms with E-state index in [1.165, 1.54) is 9.13 Å². The molecule has 0 saturated carbocycles. The van der Waals surface area contributed by atoms with Gasteiger partial charge in [-0.3, -0.25) is 13.9 Å². The lowest BCUT2D eigenvalue weighted by atomic mass is 10.1. The van der Waals surface area contributed by atoms with Crippen molar-refractivity contribution >= 4 is 22.8 Å². The largest absolute Gasteiger partial charge is 0.494 e. The highest BCUT2D eigenvalue weighted by Gasteiger charge is 2.30. The molecule has 9 nitrogen and oxygen atoms in total. The molecule has 2 aromatic carbocycles. The molecule has 0 saturated heterocycles. The number of rotatable bonds is 6. The maximum atomic E-state index is 13.5. The van der Waals surface area contributed by atoms with Crippen molar-refractivity contribution in [3.8, 4) is 5.75 Å². The van der Waals surface area contributed by atoms with Crippen LogP contribution in [-0.4, -0.2) is 43.0 Å². The number of β-amino-alcohol motifs (C(OH)–C–C–N with tert-alkyl or cyclic N) is 1. The van der Waals surface area contributed by atoms with Crippen molar-refractivity contribution < 1.29 is 9.84 Å². The van der Waals surface area contributed by atoms with Gasteiger partial charge in [-0.05, 0) is 43.2 Å². The third-order valence-electron chi connectivity index (χ3n) is 6.17. The van der Waals surface area contributed by atoms with Crippen LogP contribution in [-0.2, 0) is 26.6 Å². The highest BCUT2D eigenvalue weighted by Crippen LogP contribution is 2.32. The first-order valence-corrected chi connectivity index (χ1v) is 11.4. The van der Waals surface area contributed by atoms with Gasteiger partial charge in [-0.1, -0.05) is 30.3 Å². The van der Waals surface area contributed by atoms with E-state index in [2.05, 4.69) is 4.98 Å². The molecule has 0 fully saturated rings. The van der Waals surface area contributed by atoms with Crippen LogP contribution in [0.1, 0.15) is 12.5 Å². The van der Waals surface area contributed by atoms with E-state index in [1.54, 1.807) is 11.6 Å². The van der Waals surface area contributed by atoms with Crippen LogP contribution >= 0.6 is 0 Å². The van der Waals surface area contributed by atoms with E-state index in [-0.39, 0.29) is 13.1 Å². The number of aromatic nitrogens is 4. The van der Waals surface area contributed by atoms with Gasteiger partial charge in [0, 0.05) is 19.3 Å².